The molecular formula is C14H30N2O. The maximum atomic E-state index is 5.43. The van der Waals surface area contributed by atoms with E-state index in [0.29, 0.717) is 12.1 Å². The van der Waals surface area contributed by atoms with E-state index < -0.39 is 0 Å². The van der Waals surface area contributed by atoms with E-state index in [1.165, 1.54) is 19.5 Å². The molecule has 0 saturated carbocycles. The van der Waals surface area contributed by atoms with E-state index in [0.717, 1.165) is 32.1 Å². The van der Waals surface area contributed by atoms with Gasteiger partial charge in [-0.2, -0.15) is 0 Å². The van der Waals surface area contributed by atoms with E-state index in [-0.39, 0.29) is 0 Å². The van der Waals surface area contributed by atoms with Crippen LogP contribution in [0.4, 0.5) is 0 Å². The summed E-state index contributed by atoms with van der Waals surface area (Å²) in [6.07, 6.45) is 2.46. The third kappa shape index (κ3) is 5.84. The van der Waals surface area contributed by atoms with E-state index in [2.05, 4.69) is 37.9 Å². The summed E-state index contributed by atoms with van der Waals surface area (Å²) in [5.74, 6) is 0.782. The van der Waals surface area contributed by atoms with Crippen LogP contribution in [-0.4, -0.2) is 49.8 Å². The van der Waals surface area contributed by atoms with Gasteiger partial charge in [0.1, 0.15) is 0 Å². The molecule has 0 aromatic carbocycles. The smallest absolute Gasteiger partial charge is 0.0478 e. The zero-order valence-electron chi connectivity index (χ0n) is 12.0. The van der Waals surface area contributed by atoms with Crippen molar-refractivity contribution in [3.05, 3.63) is 0 Å². The first-order chi connectivity index (χ1) is 8.13. The summed E-state index contributed by atoms with van der Waals surface area (Å²) in [6.45, 7) is 14.2. The molecule has 1 heterocycles. The SMILES string of the molecule is CCOCCCN1CC(C)NCC1CC(C)C. The zero-order chi connectivity index (χ0) is 12.7. The van der Waals surface area contributed by atoms with E-state index >= 15 is 0 Å². The average molecular weight is 242 g/mol. The molecule has 0 aromatic rings. The van der Waals surface area contributed by atoms with Gasteiger partial charge in [-0.3, -0.25) is 4.90 Å². The first kappa shape index (κ1) is 14.9. The monoisotopic (exact) mass is 242 g/mol. The van der Waals surface area contributed by atoms with Crippen molar-refractivity contribution < 1.29 is 4.74 Å². The Balaban J connectivity index is 2.33. The highest BCUT2D eigenvalue weighted by atomic mass is 16.5. The van der Waals surface area contributed by atoms with Crippen molar-refractivity contribution in [2.75, 3.05) is 32.8 Å². The first-order valence-corrected chi connectivity index (χ1v) is 7.18. The third-order valence-corrected chi connectivity index (χ3v) is 3.41. The molecule has 102 valence electrons. The van der Waals surface area contributed by atoms with Gasteiger partial charge in [0.15, 0.2) is 0 Å². The summed E-state index contributed by atoms with van der Waals surface area (Å²) in [6, 6.07) is 1.35. The van der Waals surface area contributed by atoms with Crippen LogP contribution < -0.4 is 5.32 Å². The van der Waals surface area contributed by atoms with Gasteiger partial charge in [-0.1, -0.05) is 13.8 Å². The lowest BCUT2D eigenvalue weighted by molar-refractivity contribution is 0.0913. The molecular weight excluding hydrogens is 212 g/mol. The van der Waals surface area contributed by atoms with Gasteiger partial charge in [0.2, 0.25) is 0 Å². The molecule has 17 heavy (non-hydrogen) atoms. The maximum absolute atomic E-state index is 5.43. The lowest BCUT2D eigenvalue weighted by atomic mass is 9.99. The first-order valence-electron chi connectivity index (χ1n) is 7.18. The lowest BCUT2D eigenvalue weighted by Crippen LogP contribution is -2.56. The summed E-state index contributed by atoms with van der Waals surface area (Å²) in [7, 11) is 0. The van der Waals surface area contributed by atoms with Crippen LogP contribution in [0, 0.1) is 5.92 Å². The van der Waals surface area contributed by atoms with Crippen molar-refractivity contribution in [1.82, 2.24) is 10.2 Å². The Bertz CT molecular complexity index is 197. The molecule has 3 nitrogen and oxygen atoms in total. The van der Waals surface area contributed by atoms with Crippen LogP contribution in [0.2, 0.25) is 0 Å². The van der Waals surface area contributed by atoms with Crippen LogP contribution in [0.5, 0.6) is 0 Å². The van der Waals surface area contributed by atoms with Crippen molar-refractivity contribution in [2.24, 2.45) is 5.92 Å². The fraction of sp³-hybridized carbons (Fsp3) is 1.00. The Morgan fingerprint density at radius 1 is 1.41 bits per heavy atom. The number of ether oxygens (including phenoxy) is 1. The van der Waals surface area contributed by atoms with E-state index in [1.54, 1.807) is 0 Å². The minimum absolute atomic E-state index is 0.630. The Hall–Kier alpha value is -0.120. The molecule has 3 heteroatoms. The number of piperazine rings is 1. The average Bonchev–Trinajstić information content (AvgIpc) is 2.27. The Morgan fingerprint density at radius 2 is 2.18 bits per heavy atom. The van der Waals surface area contributed by atoms with Gasteiger partial charge in [0, 0.05) is 44.9 Å². The second-order valence-electron chi connectivity index (χ2n) is 5.64. The molecule has 1 aliphatic heterocycles. The highest BCUT2D eigenvalue weighted by Gasteiger charge is 2.25. The lowest BCUT2D eigenvalue weighted by Gasteiger charge is -2.40. The number of hydrogen-bond acceptors (Lipinski definition) is 3. The molecule has 0 spiro atoms. The molecule has 0 radical (unpaired) electrons. The Labute approximate surface area is 107 Å². The predicted molar refractivity (Wildman–Crippen MR) is 73.4 cm³/mol. The molecule has 1 N–H and O–H groups in total. The van der Waals surface area contributed by atoms with Crippen molar-refractivity contribution >= 4 is 0 Å². The van der Waals surface area contributed by atoms with E-state index in [9.17, 15) is 0 Å². The molecule has 0 bridgehead atoms. The summed E-state index contributed by atoms with van der Waals surface area (Å²) in [5, 5.41) is 3.60. The van der Waals surface area contributed by atoms with Gasteiger partial charge in [-0.15, -0.1) is 0 Å². The highest BCUT2D eigenvalue weighted by molar-refractivity contribution is 4.84. The normalized spacial score (nSPS) is 26.6. The predicted octanol–water partition coefficient (Wildman–Crippen LogP) is 2.12. The van der Waals surface area contributed by atoms with Crippen molar-refractivity contribution in [3.63, 3.8) is 0 Å². The van der Waals surface area contributed by atoms with Gasteiger partial charge < -0.3 is 10.1 Å². The summed E-state index contributed by atoms with van der Waals surface area (Å²) in [4.78, 5) is 2.65. The van der Waals surface area contributed by atoms with Crippen LogP contribution in [0.1, 0.15) is 40.5 Å². The highest BCUT2D eigenvalue weighted by Crippen LogP contribution is 2.15. The summed E-state index contributed by atoms with van der Waals surface area (Å²) in [5.41, 5.74) is 0. The number of nitrogens with one attached hydrogen (secondary N) is 1. The number of hydrogen-bond donors (Lipinski definition) is 1. The summed E-state index contributed by atoms with van der Waals surface area (Å²) >= 11 is 0. The van der Waals surface area contributed by atoms with Crippen LogP contribution in [-0.2, 0) is 4.74 Å². The van der Waals surface area contributed by atoms with E-state index in [4.69, 9.17) is 4.74 Å². The molecule has 1 fully saturated rings. The quantitative estimate of drug-likeness (QED) is 0.692. The van der Waals surface area contributed by atoms with Crippen LogP contribution in [0.25, 0.3) is 0 Å². The van der Waals surface area contributed by atoms with Gasteiger partial charge >= 0.3 is 0 Å². The standard InChI is InChI=1S/C14H30N2O/c1-5-17-8-6-7-16-11-13(4)15-10-14(16)9-12(2)3/h12-15H,5-11H2,1-4H3. The van der Waals surface area contributed by atoms with Crippen molar-refractivity contribution in [2.45, 2.75) is 52.6 Å². The third-order valence-electron chi connectivity index (χ3n) is 3.41. The Kier molecular flexibility index (Phi) is 7.09. The van der Waals surface area contributed by atoms with Crippen molar-refractivity contribution in [3.8, 4) is 0 Å². The van der Waals surface area contributed by atoms with Crippen LogP contribution >= 0.6 is 0 Å². The molecule has 0 aliphatic carbocycles. The molecule has 0 amide bonds. The maximum Gasteiger partial charge on any atom is 0.0478 e. The minimum Gasteiger partial charge on any atom is -0.382 e. The van der Waals surface area contributed by atoms with Gasteiger partial charge in [-0.05, 0) is 32.6 Å². The van der Waals surface area contributed by atoms with Crippen LogP contribution in [0.15, 0.2) is 0 Å². The van der Waals surface area contributed by atoms with Gasteiger partial charge in [0.25, 0.3) is 0 Å². The van der Waals surface area contributed by atoms with Gasteiger partial charge in [-0.25, -0.2) is 0 Å². The molecule has 2 atom stereocenters. The topological polar surface area (TPSA) is 24.5 Å². The molecule has 1 saturated heterocycles. The van der Waals surface area contributed by atoms with Crippen LogP contribution in [0.3, 0.4) is 0 Å². The fourth-order valence-corrected chi connectivity index (χ4v) is 2.60. The number of rotatable bonds is 7. The molecule has 2 unspecified atom stereocenters. The van der Waals surface area contributed by atoms with E-state index in [1.807, 2.05) is 0 Å². The minimum atomic E-state index is 0.630. The largest absolute Gasteiger partial charge is 0.382 e. The number of nitrogens with zero attached hydrogens (tertiary/aromatic N) is 1. The summed E-state index contributed by atoms with van der Waals surface area (Å²) < 4.78 is 5.43. The molecule has 1 aliphatic rings. The second kappa shape index (κ2) is 8.06. The molecule has 0 aromatic heterocycles. The second-order valence-corrected chi connectivity index (χ2v) is 5.64. The fourth-order valence-electron chi connectivity index (χ4n) is 2.60. The zero-order valence-corrected chi connectivity index (χ0v) is 12.0. The van der Waals surface area contributed by atoms with Crippen molar-refractivity contribution in [1.29, 1.82) is 0 Å². The van der Waals surface area contributed by atoms with Gasteiger partial charge in [0.05, 0.1) is 0 Å². The molecule has 1 rings (SSSR count). The Morgan fingerprint density at radius 3 is 2.82 bits per heavy atom.